The lowest BCUT2D eigenvalue weighted by atomic mass is 9.96. The average molecular weight is 458 g/mol. The van der Waals surface area contributed by atoms with Crippen molar-refractivity contribution >= 4 is 26.0 Å². The molecule has 0 aliphatic carbocycles. The summed E-state index contributed by atoms with van der Waals surface area (Å²) in [5.41, 5.74) is 1.74. The van der Waals surface area contributed by atoms with Gasteiger partial charge in [-0.25, -0.2) is 21.1 Å². The molecule has 0 aromatic heterocycles. The van der Waals surface area contributed by atoms with E-state index in [1.165, 1.54) is 14.9 Å². The van der Waals surface area contributed by atoms with Gasteiger partial charge in [-0.05, 0) is 51.2 Å². The standard InChI is InChI=1S/C20H31N3O5S2/c1-15-6-7-19(16(2)13-15)30(27,28)22-11-8-17(9-12-22)20(24)21-18-5-4-10-23(14-18)29(3,25)26/h6-7,13,17-18H,4-5,8-12,14H2,1-3H3,(H,21,24). The predicted octanol–water partition coefficient (Wildman–Crippen LogP) is 1.24. The molecule has 10 heteroatoms. The van der Waals surface area contributed by atoms with Crippen LogP contribution in [-0.4, -0.2) is 69.8 Å². The van der Waals surface area contributed by atoms with Gasteiger partial charge < -0.3 is 5.32 Å². The minimum atomic E-state index is -3.58. The SMILES string of the molecule is Cc1ccc(S(=O)(=O)N2CCC(C(=O)NC3CCCN(S(C)(=O)=O)C3)CC2)c(C)c1. The van der Waals surface area contributed by atoms with Gasteiger partial charge in [-0.2, -0.15) is 4.31 Å². The summed E-state index contributed by atoms with van der Waals surface area (Å²) in [6.07, 6.45) is 3.56. The molecule has 1 amide bonds. The van der Waals surface area contributed by atoms with E-state index in [-0.39, 0.29) is 17.9 Å². The van der Waals surface area contributed by atoms with Crippen LogP contribution in [0, 0.1) is 19.8 Å². The van der Waals surface area contributed by atoms with Crippen LogP contribution < -0.4 is 5.32 Å². The Balaban J connectivity index is 1.58. The van der Waals surface area contributed by atoms with Crippen LogP contribution in [0.4, 0.5) is 0 Å². The Morgan fingerprint density at radius 1 is 1.00 bits per heavy atom. The first-order valence-electron chi connectivity index (χ1n) is 10.3. The second-order valence-corrected chi connectivity index (χ2v) is 12.3. The van der Waals surface area contributed by atoms with Crippen molar-refractivity contribution in [2.45, 2.75) is 50.5 Å². The molecule has 0 radical (unpaired) electrons. The molecule has 1 unspecified atom stereocenters. The van der Waals surface area contributed by atoms with Crippen molar-refractivity contribution in [3.8, 4) is 0 Å². The second kappa shape index (κ2) is 8.94. The van der Waals surface area contributed by atoms with E-state index in [1.54, 1.807) is 19.1 Å². The number of nitrogens with one attached hydrogen (secondary N) is 1. The molecular weight excluding hydrogens is 426 g/mol. The average Bonchev–Trinajstić information content (AvgIpc) is 2.67. The van der Waals surface area contributed by atoms with Gasteiger partial charge in [0.2, 0.25) is 26.0 Å². The van der Waals surface area contributed by atoms with Crippen molar-refractivity contribution in [3.63, 3.8) is 0 Å². The molecule has 1 aromatic carbocycles. The lowest BCUT2D eigenvalue weighted by Crippen LogP contribution is -2.51. The summed E-state index contributed by atoms with van der Waals surface area (Å²) in [7, 11) is -6.85. The third kappa shape index (κ3) is 5.22. The summed E-state index contributed by atoms with van der Waals surface area (Å²) in [6, 6.07) is 5.11. The van der Waals surface area contributed by atoms with Crippen LogP contribution in [0.1, 0.15) is 36.8 Å². The monoisotopic (exact) mass is 457 g/mol. The summed E-state index contributed by atoms with van der Waals surface area (Å²) >= 11 is 0. The first-order chi connectivity index (χ1) is 14.0. The van der Waals surface area contributed by atoms with Gasteiger partial charge in [0.1, 0.15) is 0 Å². The van der Waals surface area contributed by atoms with Crippen molar-refractivity contribution in [2.24, 2.45) is 5.92 Å². The summed E-state index contributed by atoms with van der Waals surface area (Å²) in [5, 5.41) is 2.98. The lowest BCUT2D eigenvalue weighted by molar-refractivity contribution is -0.127. The molecule has 2 saturated heterocycles. The van der Waals surface area contributed by atoms with Gasteiger partial charge in [0.25, 0.3) is 0 Å². The summed E-state index contributed by atoms with van der Waals surface area (Å²) < 4.78 is 52.4. The van der Waals surface area contributed by atoms with E-state index >= 15 is 0 Å². The minimum absolute atomic E-state index is 0.112. The molecule has 1 aromatic rings. The van der Waals surface area contributed by atoms with Crippen LogP contribution in [0.3, 0.4) is 0 Å². The molecule has 0 bridgehead atoms. The molecule has 30 heavy (non-hydrogen) atoms. The highest BCUT2D eigenvalue weighted by atomic mass is 32.2. The molecule has 168 valence electrons. The van der Waals surface area contributed by atoms with Crippen molar-refractivity contribution in [1.29, 1.82) is 0 Å². The van der Waals surface area contributed by atoms with E-state index in [1.807, 2.05) is 13.0 Å². The molecule has 2 aliphatic rings. The Hall–Kier alpha value is -1.49. The topological polar surface area (TPSA) is 104 Å². The highest BCUT2D eigenvalue weighted by Crippen LogP contribution is 2.26. The number of rotatable bonds is 5. The molecule has 8 nitrogen and oxygen atoms in total. The highest BCUT2D eigenvalue weighted by Gasteiger charge is 2.34. The number of sulfonamides is 2. The van der Waals surface area contributed by atoms with Crippen LogP contribution in [-0.2, 0) is 24.8 Å². The number of nitrogens with zero attached hydrogens (tertiary/aromatic N) is 2. The first-order valence-corrected chi connectivity index (χ1v) is 13.6. The zero-order valence-corrected chi connectivity index (χ0v) is 19.4. The van der Waals surface area contributed by atoms with Gasteiger partial charge in [-0.3, -0.25) is 4.79 Å². The van der Waals surface area contributed by atoms with Gasteiger partial charge in [0.05, 0.1) is 11.2 Å². The number of amides is 1. The Kier molecular flexibility index (Phi) is 6.91. The summed E-state index contributed by atoms with van der Waals surface area (Å²) in [5.74, 6) is -0.372. The van der Waals surface area contributed by atoms with Crippen molar-refractivity contribution < 1.29 is 21.6 Å². The van der Waals surface area contributed by atoms with Crippen LogP contribution >= 0.6 is 0 Å². The van der Waals surface area contributed by atoms with E-state index in [0.717, 1.165) is 17.5 Å². The number of carbonyl (C=O) groups is 1. The van der Waals surface area contributed by atoms with E-state index in [0.29, 0.717) is 50.3 Å². The maximum Gasteiger partial charge on any atom is 0.243 e. The molecular formula is C20H31N3O5S2. The van der Waals surface area contributed by atoms with E-state index in [4.69, 9.17) is 0 Å². The van der Waals surface area contributed by atoms with Crippen LogP contribution in [0.5, 0.6) is 0 Å². The summed E-state index contributed by atoms with van der Waals surface area (Å²) in [6.45, 7) is 5.10. The van der Waals surface area contributed by atoms with Crippen LogP contribution in [0.2, 0.25) is 0 Å². The number of benzene rings is 1. The van der Waals surface area contributed by atoms with E-state index in [2.05, 4.69) is 5.32 Å². The third-order valence-electron chi connectivity index (χ3n) is 5.97. The molecule has 2 fully saturated rings. The minimum Gasteiger partial charge on any atom is -0.352 e. The van der Waals surface area contributed by atoms with Gasteiger partial charge in [0.15, 0.2) is 0 Å². The predicted molar refractivity (Wildman–Crippen MR) is 115 cm³/mol. The Bertz CT molecular complexity index is 999. The normalized spacial score (nSPS) is 22.7. The smallest absolute Gasteiger partial charge is 0.243 e. The second-order valence-electron chi connectivity index (χ2n) is 8.42. The highest BCUT2D eigenvalue weighted by molar-refractivity contribution is 7.89. The molecule has 1 atom stereocenters. The first kappa shape index (κ1) is 23.2. The van der Waals surface area contributed by atoms with Gasteiger partial charge in [0, 0.05) is 38.1 Å². The molecule has 3 rings (SSSR count). The fraction of sp³-hybridized carbons (Fsp3) is 0.650. The molecule has 2 heterocycles. The molecule has 1 N–H and O–H groups in total. The zero-order valence-electron chi connectivity index (χ0n) is 17.8. The molecule has 0 saturated carbocycles. The third-order valence-corrected chi connectivity index (χ3v) is 9.30. The Morgan fingerprint density at radius 2 is 1.67 bits per heavy atom. The number of hydrogen-bond donors (Lipinski definition) is 1. The van der Waals surface area contributed by atoms with Crippen LogP contribution in [0.25, 0.3) is 0 Å². The van der Waals surface area contributed by atoms with Gasteiger partial charge >= 0.3 is 0 Å². The van der Waals surface area contributed by atoms with Gasteiger partial charge in [-0.1, -0.05) is 17.7 Å². The maximum absolute atomic E-state index is 13.0. The quantitative estimate of drug-likeness (QED) is 0.717. The fourth-order valence-corrected chi connectivity index (χ4v) is 6.85. The zero-order chi connectivity index (χ0) is 22.1. The number of hydrogen-bond acceptors (Lipinski definition) is 5. The fourth-order valence-electron chi connectivity index (χ4n) is 4.27. The van der Waals surface area contributed by atoms with E-state index in [9.17, 15) is 21.6 Å². The number of aryl methyl sites for hydroxylation is 2. The molecule has 0 spiro atoms. The Morgan fingerprint density at radius 3 is 2.27 bits per heavy atom. The number of carbonyl (C=O) groups excluding carboxylic acids is 1. The summed E-state index contributed by atoms with van der Waals surface area (Å²) in [4.78, 5) is 13.0. The van der Waals surface area contributed by atoms with Crippen molar-refractivity contribution in [1.82, 2.24) is 13.9 Å². The molecule has 2 aliphatic heterocycles. The van der Waals surface area contributed by atoms with Crippen LogP contribution in [0.15, 0.2) is 23.1 Å². The van der Waals surface area contributed by atoms with Gasteiger partial charge in [-0.15, -0.1) is 0 Å². The lowest BCUT2D eigenvalue weighted by Gasteiger charge is -2.34. The largest absolute Gasteiger partial charge is 0.352 e. The Labute approximate surface area is 179 Å². The van der Waals surface area contributed by atoms with E-state index < -0.39 is 20.0 Å². The maximum atomic E-state index is 13.0. The van der Waals surface area contributed by atoms with Crippen molar-refractivity contribution in [3.05, 3.63) is 29.3 Å². The number of piperidine rings is 2. The van der Waals surface area contributed by atoms with Crippen molar-refractivity contribution in [2.75, 3.05) is 32.4 Å².